The summed E-state index contributed by atoms with van der Waals surface area (Å²) in [5.74, 6) is 1.64. The Morgan fingerprint density at radius 1 is 1.26 bits per heavy atom. The van der Waals surface area contributed by atoms with E-state index in [4.69, 9.17) is 4.74 Å². The Morgan fingerprint density at radius 2 is 2.04 bits per heavy atom. The van der Waals surface area contributed by atoms with Gasteiger partial charge in [0.25, 0.3) is 0 Å². The summed E-state index contributed by atoms with van der Waals surface area (Å²) in [7, 11) is 1.54. The molecule has 0 saturated heterocycles. The highest BCUT2D eigenvalue weighted by molar-refractivity contribution is 5.99. The van der Waals surface area contributed by atoms with Crippen LogP contribution < -0.4 is 4.74 Å². The van der Waals surface area contributed by atoms with Crippen molar-refractivity contribution in [2.45, 2.75) is 51.0 Å². The Hall–Kier alpha value is -1.55. The summed E-state index contributed by atoms with van der Waals surface area (Å²) in [5.41, 5.74) is 1.65. The summed E-state index contributed by atoms with van der Waals surface area (Å²) in [6.07, 6.45) is 4.15. The summed E-state index contributed by atoms with van der Waals surface area (Å²) in [6, 6.07) is 3.43. The van der Waals surface area contributed by atoms with Crippen molar-refractivity contribution >= 4 is 5.78 Å². The van der Waals surface area contributed by atoms with Gasteiger partial charge in [0.15, 0.2) is 17.3 Å². The predicted octanol–water partition coefficient (Wildman–Crippen LogP) is 3.26. The third-order valence-corrected chi connectivity index (χ3v) is 6.86. The summed E-state index contributed by atoms with van der Waals surface area (Å²) in [5, 5.41) is 20.4. The first kappa shape index (κ1) is 15.0. The minimum atomic E-state index is -0.237. The number of carbonyl (C=O) groups excluding carboxylic acids is 1. The molecule has 2 N–H and O–H groups in total. The molecule has 124 valence electrons. The second-order valence-electron chi connectivity index (χ2n) is 7.75. The SMILES string of the molecule is COc1cc2c(cc1O)C(=O)C[C@@H]1[C@@H]2CC[C@]2(C)C(O)CC[C@@H]12. The molecule has 4 rings (SSSR count). The van der Waals surface area contributed by atoms with Crippen LogP contribution in [0.1, 0.15) is 60.9 Å². The van der Waals surface area contributed by atoms with Crippen LogP contribution in [0.25, 0.3) is 0 Å². The quantitative estimate of drug-likeness (QED) is 0.834. The number of phenols is 1. The van der Waals surface area contributed by atoms with Gasteiger partial charge >= 0.3 is 0 Å². The number of hydrogen-bond acceptors (Lipinski definition) is 4. The van der Waals surface area contributed by atoms with E-state index in [0.717, 1.165) is 31.2 Å². The molecule has 0 spiro atoms. The number of fused-ring (bicyclic) bond motifs is 5. The molecule has 0 bridgehead atoms. The largest absolute Gasteiger partial charge is 0.504 e. The van der Waals surface area contributed by atoms with Gasteiger partial charge < -0.3 is 14.9 Å². The van der Waals surface area contributed by atoms with Crippen LogP contribution in [-0.2, 0) is 0 Å². The number of hydrogen-bond donors (Lipinski definition) is 2. The molecule has 1 aromatic carbocycles. The Labute approximate surface area is 136 Å². The van der Waals surface area contributed by atoms with Gasteiger partial charge in [0.1, 0.15) is 0 Å². The van der Waals surface area contributed by atoms with Crippen molar-refractivity contribution in [1.29, 1.82) is 0 Å². The monoisotopic (exact) mass is 316 g/mol. The number of rotatable bonds is 1. The number of methoxy groups -OCH3 is 1. The van der Waals surface area contributed by atoms with Crippen LogP contribution in [-0.4, -0.2) is 29.2 Å². The lowest BCUT2D eigenvalue weighted by atomic mass is 9.55. The highest BCUT2D eigenvalue weighted by Gasteiger charge is 2.55. The topological polar surface area (TPSA) is 66.8 Å². The molecular formula is C19H24O4. The molecular weight excluding hydrogens is 292 g/mol. The van der Waals surface area contributed by atoms with Crippen LogP contribution in [0.15, 0.2) is 12.1 Å². The summed E-state index contributed by atoms with van der Waals surface area (Å²) in [4.78, 5) is 12.7. The first-order valence-electron chi connectivity index (χ1n) is 8.58. The van der Waals surface area contributed by atoms with Crippen molar-refractivity contribution in [3.05, 3.63) is 23.3 Å². The van der Waals surface area contributed by atoms with E-state index in [9.17, 15) is 15.0 Å². The van der Waals surface area contributed by atoms with Gasteiger partial charge in [0.05, 0.1) is 13.2 Å². The molecule has 23 heavy (non-hydrogen) atoms. The van der Waals surface area contributed by atoms with Crippen molar-refractivity contribution in [3.8, 4) is 11.5 Å². The number of aliphatic hydroxyl groups is 1. The van der Waals surface area contributed by atoms with E-state index in [2.05, 4.69) is 6.92 Å². The Bertz CT molecular complexity index is 668. The Kier molecular flexibility index (Phi) is 3.24. The molecule has 0 aromatic heterocycles. The highest BCUT2D eigenvalue weighted by atomic mass is 16.5. The first-order chi connectivity index (χ1) is 11.0. The second-order valence-corrected chi connectivity index (χ2v) is 7.75. The second kappa shape index (κ2) is 4.97. The van der Waals surface area contributed by atoms with Crippen LogP contribution in [0.3, 0.4) is 0 Å². The van der Waals surface area contributed by atoms with Gasteiger partial charge in [-0.1, -0.05) is 6.92 Å². The number of aromatic hydroxyl groups is 1. The Morgan fingerprint density at radius 3 is 2.78 bits per heavy atom. The lowest BCUT2D eigenvalue weighted by Crippen LogP contribution is -2.44. The van der Waals surface area contributed by atoms with Gasteiger partial charge in [-0.25, -0.2) is 0 Å². The van der Waals surface area contributed by atoms with Gasteiger partial charge in [-0.05, 0) is 66.5 Å². The normalized spacial score (nSPS) is 38.7. The van der Waals surface area contributed by atoms with Crippen LogP contribution in [0.5, 0.6) is 11.5 Å². The van der Waals surface area contributed by atoms with Gasteiger partial charge in [-0.3, -0.25) is 4.79 Å². The summed E-state index contributed by atoms with van der Waals surface area (Å²) >= 11 is 0. The molecule has 4 heteroatoms. The average Bonchev–Trinajstić information content (AvgIpc) is 2.83. The molecule has 5 atom stereocenters. The lowest BCUT2D eigenvalue weighted by molar-refractivity contribution is -0.0208. The smallest absolute Gasteiger partial charge is 0.163 e. The molecule has 3 aliphatic carbocycles. The highest BCUT2D eigenvalue weighted by Crippen LogP contribution is 2.61. The number of ether oxygens (including phenoxy) is 1. The molecule has 0 aliphatic heterocycles. The van der Waals surface area contributed by atoms with Crippen LogP contribution in [0.4, 0.5) is 0 Å². The number of phenolic OH excluding ortho intramolecular Hbond substituents is 1. The number of carbonyl (C=O) groups is 1. The van der Waals surface area contributed by atoms with Gasteiger partial charge in [0, 0.05) is 12.0 Å². The number of benzene rings is 1. The summed E-state index contributed by atoms with van der Waals surface area (Å²) < 4.78 is 5.25. The standard InChI is InChI=1S/C19H24O4/c1-19-6-5-10-11-9-17(23-2)16(21)8-13(11)15(20)7-12(10)14(19)3-4-18(19)22/h8-10,12,14,18,21-22H,3-7H2,1-2H3/t10-,12-,14+,18?,19+/m1/s1. The first-order valence-corrected chi connectivity index (χ1v) is 8.58. The van der Waals surface area contributed by atoms with Gasteiger partial charge in [0.2, 0.25) is 0 Å². The van der Waals surface area contributed by atoms with Crippen molar-refractivity contribution in [2.24, 2.45) is 17.3 Å². The molecule has 3 aliphatic rings. The van der Waals surface area contributed by atoms with Crippen molar-refractivity contribution in [1.82, 2.24) is 0 Å². The fraction of sp³-hybridized carbons (Fsp3) is 0.632. The predicted molar refractivity (Wildman–Crippen MR) is 85.9 cm³/mol. The van der Waals surface area contributed by atoms with E-state index >= 15 is 0 Å². The minimum Gasteiger partial charge on any atom is -0.504 e. The van der Waals surface area contributed by atoms with Crippen molar-refractivity contribution in [3.63, 3.8) is 0 Å². The van der Waals surface area contributed by atoms with E-state index in [1.165, 1.54) is 7.11 Å². The third kappa shape index (κ3) is 1.97. The van der Waals surface area contributed by atoms with E-state index in [-0.39, 0.29) is 23.1 Å². The van der Waals surface area contributed by atoms with Crippen LogP contribution >= 0.6 is 0 Å². The number of aliphatic hydroxyl groups excluding tert-OH is 1. The zero-order valence-corrected chi connectivity index (χ0v) is 13.7. The molecule has 0 amide bonds. The fourth-order valence-electron chi connectivity index (χ4n) is 5.55. The van der Waals surface area contributed by atoms with Crippen LogP contribution in [0.2, 0.25) is 0 Å². The molecule has 0 radical (unpaired) electrons. The van der Waals surface area contributed by atoms with Gasteiger partial charge in [-0.15, -0.1) is 0 Å². The van der Waals surface area contributed by atoms with Crippen molar-refractivity contribution in [2.75, 3.05) is 7.11 Å². The molecule has 0 heterocycles. The van der Waals surface area contributed by atoms with Gasteiger partial charge in [-0.2, -0.15) is 0 Å². The van der Waals surface area contributed by atoms with E-state index in [1.54, 1.807) is 6.07 Å². The fourth-order valence-corrected chi connectivity index (χ4v) is 5.55. The minimum absolute atomic E-state index is 0.0370. The lowest BCUT2D eigenvalue weighted by Gasteiger charge is -2.49. The maximum atomic E-state index is 12.7. The maximum absolute atomic E-state index is 12.7. The zero-order chi connectivity index (χ0) is 16.4. The van der Waals surface area contributed by atoms with E-state index < -0.39 is 0 Å². The zero-order valence-electron chi connectivity index (χ0n) is 13.7. The van der Waals surface area contributed by atoms with Crippen LogP contribution in [0, 0.1) is 17.3 Å². The van der Waals surface area contributed by atoms with E-state index in [0.29, 0.717) is 35.5 Å². The summed E-state index contributed by atoms with van der Waals surface area (Å²) in [6.45, 7) is 2.20. The molecule has 1 aromatic rings. The molecule has 1 unspecified atom stereocenters. The Balaban J connectivity index is 1.78. The number of Topliss-reactive ketones (excluding diaryl/α,β-unsaturated/α-hetero) is 1. The molecule has 2 fully saturated rings. The maximum Gasteiger partial charge on any atom is 0.163 e. The van der Waals surface area contributed by atoms with Crippen molar-refractivity contribution < 1.29 is 19.7 Å². The average molecular weight is 316 g/mol. The molecule has 2 saturated carbocycles. The van der Waals surface area contributed by atoms with E-state index in [1.807, 2.05) is 6.07 Å². The number of ketones is 1. The third-order valence-electron chi connectivity index (χ3n) is 6.86. The molecule has 4 nitrogen and oxygen atoms in total.